The van der Waals surface area contributed by atoms with Crippen LogP contribution in [0, 0.1) is 6.92 Å². The molecular formula is C32H33N5O3. The van der Waals surface area contributed by atoms with Crippen molar-refractivity contribution in [1.29, 1.82) is 0 Å². The Morgan fingerprint density at radius 1 is 1.05 bits per heavy atom. The Bertz CT molecular complexity index is 1610. The molecule has 9 rings (SSSR count). The average molecular weight is 536 g/mol. The molecule has 0 aliphatic carbocycles. The molecule has 7 heterocycles. The number of carboxylic acid groups (broad SMARTS) is 1. The van der Waals surface area contributed by atoms with Gasteiger partial charge in [-0.05, 0) is 84.5 Å². The number of rotatable bonds is 2. The summed E-state index contributed by atoms with van der Waals surface area (Å²) in [6, 6.07) is 14.1. The van der Waals surface area contributed by atoms with Gasteiger partial charge in [-0.3, -0.25) is 9.59 Å². The van der Waals surface area contributed by atoms with Crippen LogP contribution in [0.5, 0.6) is 0 Å². The lowest BCUT2D eigenvalue weighted by Gasteiger charge is -2.30. The van der Waals surface area contributed by atoms with E-state index in [-0.39, 0.29) is 12.3 Å². The Kier molecular flexibility index (Phi) is 7.15. The molecular weight excluding hydrogens is 502 g/mol. The Hall–Kier alpha value is -4.33. The van der Waals surface area contributed by atoms with Gasteiger partial charge in [-0.2, -0.15) is 0 Å². The molecule has 1 amide bonds. The highest BCUT2D eigenvalue weighted by atomic mass is 16.4. The van der Waals surface area contributed by atoms with Crippen molar-refractivity contribution in [2.24, 2.45) is 0 Å². The number of hydrogen-bond acceptors (Lipinski definition) is 5. The first-order valence-corrected chi connectivity index (χ1v) is 14.0. The first-order valence-electron chi connectivity index (χ1n) is 14.0. The van der Waals surface area contributed by atoms with Crippen LogP contribution in [0.1, 0.15) is 75.3 Å². The van der Waals surface area contributed by atoms with Crippen molar-refractivity contribution in [2.45, 2.75) is 64.5 Å². The topological polar surface area (TPSA) is 101 Å². The summed E-state index contributed by atoms with van der Waals surface area (Å²) in [4.78, 5) is 32.0. The minimum Gasteiger partial charge on any atom is -0.481 e. The molecule has 1 atom stereocenters. The number of carboxylic acids is 1. The van der Waals surface area contributed by atoms with E-state index in [0.717, 1.165) is 66.5 Å². The quantitative estimate of drug-likeness (QED) is 0.353. The molecule has 9 bridgehead atoms. The number of carbonyl (C=O) groups is 2. The Morgan fingerprint density at radius 2 is 1.90 bits per heavy atom. The summed E-state index contributed by atoms with van der Waals surface area (Å²) in [6.45, 7) is 3.86. The smallest absolute Gasteiger partial charge is 0.304 e. The summed E-state index contributed by atoms with van der Waals surface area (Å²) >= 11 is 0. The maximum absolute atomic E-state index is 13.4. The molecule has 0 saturated heterocycles. The van der Waals surface area contributed by atoms with Crippen LogP contribution in [0.15, 0.2) is 60.8 Å². The zero-order chi connectivity index (χ0) is 27.6. The molecule has 2 aromatic carbocycles. The van der Waals surface area contributed by atoms with E-state index in [1.165, 1.54) is 11.1 Å². The first-order chi connectivity index (χ1) is 19.5. The van der Waals surface area contributed by atoms with Crippen molar-refractivity contribution in [3.63, 3.8) is 0 Å². The fraction of sp³-hybridized carbons (Fsp3) is 0.344. The Labute approximate surface area is 233 Å². The number of aromatic nitrogens is 4. The van der Waals surface area contributed by atoms with E-state index in [0.29, 0.717) is 24.2 Å². The number of amides is 1. The van der Waals surface area contributed by atoms with Crippen molar-refractivity contribution in [3.8, 4) is 0 Å². The predicted octanol–water partition coefficient (Wildman–Crippen LogP) is 5.22. The molecule has 40 heavy (non-hydrogen) atoms. The van der Waals surface area contributed by atoms with E-state index in [9.17, 15) is 14.7 Å². The van der Waals surface area contributed by atoms with Gasteiger partial charge in [0.05, 0.1) is 6.42 Å². The van der Waals surface area contributed by atoms with Gasteiger partial charge in [-0.25, -0.2) is 9.67 Å². The number of benzene rings is 2. The van der Waals surface area contributed by atoms with E-state index in [1.54, 1.807) is 6.20 Å². The monoisotopic (exact) mass is 535 g/mol. The highest BCUT2D eigenvalue weighted by Crippen LogP contribution is 2.34. The van der Waals surface area contributed by atoms with Crippen LogP contribution in [-0.4, -0.2) is 48.4 Å². The Morgan fingerprint density at radius 3 is 2.73 bits per heavy atom. The largest absolute Gasteiger partial charge is 0.481 e. The third kappa shape index (κ3) is 5.13. The van der Waals surface area contributed by atoms with Crippen molar-refractivity contribution in [3.05, 3.63) is 99.8 Å². The van der Waals surface area contributed by atoms with Gasteiger partial charge in [0.1, 0.15) is 5.52 Å². The van der Waals surface area contributed by atoms with Gasteiger partial charge in [0.25, 0.3) is 5.91 Å². The van der Waals surface area contributed by atoms with E-state index < -0.39 is 11.9 Å². The van der Waals surface area contributed by atoms with Gasteiger partial charge in [-0.15, -0.1) is 5.10 Å². The predicted molar refractivity (Wildman–Crippen MR) is 152 cm³/mol. The normalized spacial score (nSPS) is 18.6. The summed E-state index contributed by atoms with van der Waals surface area (Å²) in [5.74, 6) is -1.25. The van der Waals surface area contributed by atoms with Crippen molar-refractivity contribution < 1.29 is 14.7 Å². The van der Waals surface area contributed by atoms with E-state index in [1.807, 2.05) is 46.8 Å². The number of pyridine rings is 1. The Balaban J connectivity index is 1.41. The second kappa shape index (κ2) is 11.0. The van der Waals surface area contributed by atoms with Gasteiger partial charge in [-0.1, -0.05) is 47.7 Å². The molecule has 5 aliphatic rings. The molecule has 0 saturated carbocycles. The molecule has 204 valence electrons. The molecule has 8 heteroatoms. The third-order valence-corrected chi connectivity index (χ3v) is 8.22. The summed E-state index contributed by atoms with van der Waals surface area (Å²) in [5, 5.41) is 18.7. The van der Waals surface area contributed by atoms with Gasteiger partial charge in [0.15, 0.2) is 5.65 Å². The summed E-state index contributed by atoms with van der Waals surface area (Å²) in [6.07, 6.45) is 10.7. The lowest BCUT2D eigenvalue weighted by atomic mass is 9.84. The highest BCUT2D eigenvalue weighted by Gasteiger charge is 2.26. The number of nitrogens with zero attached hydrogens (tertiary/aromatic N) is 5. The lowest BCUT2D eigenvalue weighted by Crippen LogP contribution is -2.36. The number of aliphatic carboxylic acids is 1. The first kappa shape index (κ1) is 25.9. The number of aryl methyl sites for hydroxylation is 2. The SMILES string of the molecule is Cc1c2cnc3c1nnn3CCCC/C=C/Cc1ccc(cc1)C(=O)N1CCc3ccc(cc3C1)[C@@H]2CC(=O)O. The van der Waals surface area contributed by atoms with Gasteiger partial charge >= 0.3 is 5.97 Å². The minimum atomic E-state index is -0.877. The maximum atomic E-state index is 13.4. The van der Waals surface area contributed by atoms with Crippen LogP contribution >= 0.6 is 0 Å². The number of carbonyl (C=O) groups excluding carboxylic acids is 1. The van der Waals surface area contributed by atoms with Crippen LogP contribution in [0.3, 0.4) is 0 Å². The average Bonchev–Trinajstić information content (AvgIpc) is 3.38. The lowest BCUT2D eigenvalue weighted by molar-refractivity contribution is -0.137. The van der Waals surface area contributed by atoms with Gasteiger partial charge < -0.3 is 10.0 Å². The molecule has 0 unspecified atom stereocenters. The maximum Gasteiger partial charge on any atom is 0.304 e. The minimum absolute atomic E-state index is 0.0206. The number of hydrogen-bond donors (Lipinski definition) is 1. The fourth-order valence-corrected chi connectivity index (χ4v) is 5.92. The van der Waals surface area contributed by atoms with Gasteiger partial charge in [0.2, 0.25) is 0 Å². The molecule has 8 nitrogen and oxygen atoms in total. The van der Waals surface area contributed by atoms with Crippen LogP contribution in [-0.2, 0) is 30.7 Å². The summed E-state index contributed by atoms with van der Waals surface area (Å²) in [7, 11) is 0. The van der Waals surface area contributed by atoms with Crippen molar-refractivity contribution in [1.82, 2.24) is 24.9 Å². The standard InChI is InChI=1S/C32H33N5O3/c1-21-28-19-33-31-30(21)34-35-37(31)15-6-4-2-3-5-7-22-8-10-24(11-9-22)32(40)36-16-14-23-12-13-25(17-26(23)20-36)27(28)18-29(38)39/h3,5,8-13,17,19,27H,2,4,6-7,14-16,18,20H2,1H3,(H,38,39)/b5-3+/t27-/m0/s1. The fourth-order valence-electron chi connectivity index (χ4n) is 5.92. The zero-order valence-electron chi connectivity index (χ0n) is 22.7. The third-order valence-electron chi connectivity index (χ3n) is 8.22. The molecule has 0 radical (unpaired) electrons. The molecule has 1 N–H and O–H groups in total. The van der Waals surface area contributed by atoms with E-state index >= 15 is 0 Å². The van der Waals surface area contributed by atoms with Crippen LogP contribution in [0.2, 0.25) is 0 Å². The summed E-state index contributed by atoms with van der Waals surface area (Å²) < 4.78 is 1.85. The van der Waals surface area contributed by atoms with Crippen LogP contribution < -0.4 is 0 Å². The highest BCUT2D eigenvalue weighted by molar-refractivity contribution is 5.94. The van der Waals surface area contributed by atoms with Gasteiger partial charge in [0, 0.05) is 37.3 Å². The molecule has 2 aromatic heterocycles. The second-order valence-electron chi connectivity index (χ2n) is 10.8. The summed E-state index contributed by atoms with van der Waals surface area (Å²) in [5.41, 5.74) is 8.22. The van der Waals surface area contributed by atoms with Crippen LogP contribution in [0.25, 0.3) is 11.2 Å². The molecule has 0 spiro atoms. The molecule has 4 aromatic rings. The second-order valence-corrected chi connectivity index (χ2v) is 10.8. The van der Waals surface area contributed by atoms with Crippen molar-refractivity contribution >= 4 is 23.0 Å². The molecule has 5 aliphatic heterocycles. The number of allylic oxidation sites excluding steroid dienone is 2. The van der Waals surface area contributed by atoms with E-state index in [4.69, 9.17) is 4.98 Å². The molecule has 0 fully saturated rings. The van der Waals surface area contributed by atoms with Crippen LogP contribution in [0.4, 0.5) is 0 Å². The van der Waals surface area contributed by atoms with E-state index in [2.05, 4.69) is 34.6 Å². The zero-order valence-corrected chi connectivity index (χ0v) is 22.7. The van der Waals surface area contributed by atoms with Crippen molar-refractivity contribution in [2.75, 3.05) is 6.54 Å².